The summed E-state index contributed by atoms with van der Waals surface area (Å²) in [5.41, 5.74) is 1.14. The number of halogens is 3. The SMILES string of the molecule is CC1CN(c2cc(-c3cnc4ccc(C(F)(F)F)nn34)ncn2)C(C)C(c2cn[nH]c2)N1. The van der Waals surface area contributed by atoms with Gasteiger partial charge in [-0.3, -0.25) is 5.10 Å². The summed E-state index contributed by atoms with van der Waals surface area (Å²) in [5.74, 6) is 0.672. The molecule has 12 heteroatoms. The zero-order chi connectivity index (χ0) is 22.5. The number of anilines is 1. The molecule has 1 aliphatic heterocycles. The Kier molecular flexibility index (Phi) is 4.81. The van der Waals surface area contributed by atoms with Gasteiger partial charge < -0.3 is 10.2 Å². The summed E-state index contributed by atoms with van der Waals surface area (Å²) >= 11 is 0. The predicted molar refractivity (Wildman–Crippen MR) is 110 cm³/mol. The molecule has 1 fully saturated rings. The molecule has 2 N–H and O–H groups in total. The van der Waals surface area contributed by atoms with Crippen LogP contribution in [0.25, 0.3) is 17.0 Å². The highest BCUT2D eigenvalue weighted by Crippen LogP contribution is 2.31. The molecule has 0 bridgehead atoms. The summed E-state index contributed by atoms with van der Waals surface area (Å²) in [4.78, 5) is 15.1. The molecule has 4 aromatic heterocycles. The summed E-state index contributed by atoms with van der Waals surface area (Å²) in [7, 11) is 0. The number of hydrogen-bond donors (Lipinski definition) is 2. The predicted octanol–water partition coefficient (Wildman–Crippen LogP) is 2.86. The first-order valence-corrected chi connectivity index (χ1v) is 10.1. The van der Waals surface area contributed by atoms with E-state index in [1.54, 1.807) is 12.3 Å². The third-order valence-electron chi connectivity index (χ3n) is 5.65. The Hall–Kier alpha value is -3.54. The van der Waals surface area contributed by atoms with Gasteiger partial charge in [0.25, 0.3) is 0 Å². The van der Waals surface area contributed by atoms with Crippen molar-refractivity contribution in [1.29, 1.82) is 0 Å². The molecule has 0 saturated carbocycles. The molecule has 1 aliphatic rings. The van der Waals surface area contributed by atoms with E-state index in [1.165, 1.54) is 18.6 Å². The second-order valence-electron chi connectivity index (χ2n) is 7.86. The highest BCUT2D eigenvalue weighted by Gasteiger charge is 2.34. The first-order valence-electron chi connectivity index (χ1n) is 10.1. The second-order valence-corrected chi connectivity index (χ2v) is 7.86. The normalized spacial score (nSPS) is 21.9. The van der Waals surface area contributed by atoms with Gasteiger partial charge in [-0.2, -0.15) is 23.4 Å². The highest BCUT2D eigenvalue weighted by molar-refractivity contribution is 5.62. The standard InChI is InChI=1S/C20H20F3N9/c1-11-9-31(12(2)19(29-11)13-6-27-28-7-13)18-5-14(25-10-26-18)15-8-24-17-4-3-16(20(21,22)23)30-32(15)17/h3-8,10-12,19,29H,9H2,1-2H3,(H,27,28). The van der Waals surface area contributed by atoms with Crippen LogP contribution in [0.15, 0.2) is 43.1 Å². The number of nitrogens with zero attached hydrogens (tertiary/aromatic N) is 7. The molecule has 0 aromatic carbocycles. The van der Waals surface area contributed by atoms with Crippen LogP contribution in [0, 0.1) is 0 Å². The lowest BCUT2D eigenvalue weighted by molar-refractivity contribution is -0.141. The summed E-state index contributed by atoms with van der Waals surface area (Å²) in [5, 5.41) is 14.2. The number of aromatic nitrogens is 7. The lowest BCUT2D eigenvalue weighted by Crippen LogP contribution is -2.56. The maximum absolute atomic E-state index is 13.2. The van der Waals surface area contributed by atoms with Crippen molar-refractivity contribution < 1.29 is 13.2 Å². The Morgan fingerprint density at radius 3 is 2.69 bits per heavy atom. The Balaban J connectivity index is 1.52. The van der Waals surface area contributed by atoms with Crippen LogP contribution in [0.2, 0.25) is 0 Å². The summed E-state index contributed by atoms with van der Waals surface area (Å²) in [6.45, 7) is 4.88. The third-order valence-corrected chi connectivity index (χ3v) is 5.65. The number of aromatic amines is 1. The molecule has 4 aromatic rings. The highest BCUT2D eigenvalue weighted by atomic mass is 19.4. The van der Waals surface area contributed by atoms with Crippen LogP contribution in [-0.2, 0) is 6.18 Å². The van der Waals surface area contributed by atoms with Gasteiger partial charge in [0, 0.05) is 36.5 Å². The van der Waals surface area contributed by atoms with Crippen molar-refractivity contribution in [2.45, 2.75) is 38.1 Å². The van der Waals surface area contributed by atoms with Gasteiger partial charge in [-0.25, -0.2) is 19.5 Å². The van der Waals surface area contributed by atoms with Gasteiger partial charge in [0.2, 0.25) is 0 Å². The van der Waals surface area contributed by atoms with Crippen molar-refractivity contribution in [3.8, 4) is 11.4 Å². The molecule has 0 radical (unpaired) electrons. The van der Waals surface area contributed by atoms with Gasteiger partial charge in [0.15, 0.2) is 11.3 Å². The third kappa shape index (κ3) is 3.55. The van der Waals surface area contributed by atoms with E-state index in [-0.39, 0.29) is 18.1 Å². The minimum absolute atomic E-state index is 0.0303. The molecule has 1 saturated heterocycles. The number of nitrogens with one attached hydrogen (secondary N) is 2. The maximum atomic E-state index is 13.2. The Morgan fingerprint density at radius 1 is 1.09 bits per heavy atom. The number of rotatable bonds is 3. The van der Waals surface area contributed by atoms with Gasteiger partial charge in [0.05, 0.1) is 24.1 Å². The minimum Gasteiger partial charge on any atom is -0.350 e. The topological polar surface area (TPSA) is 99.9 Å². The zero-order valence-corrected chi connectivity index (χ0v) is 17.2. The number of H-pyrrole nitrogens is 1. The van der Waals surface area contributed by atoms with Crippen molar-refractivity contribution in [3.63, 3.8) is 0 Å². The molecule has 5 heterocycles. The molecule has 166 valence electrons. The second kappa shape index (κ2) is 7.55. The van der Waals surface area contributed by atoms with Crippen LogP contribution in [0.4, 0.5) is 19.0 Å². The van der Waals surface area contributed by atoms with Crippen LogP contribution < -0.4 is 10.2 Å². The summed E-state index contributed by atoms with van der Waals surface area (Å²) < 4.78 is 40.6. The molecule has 9 nitrogen and oxygen atoms in total. The van der Waals surface area contributed by atoms with Gasteiger partial charge in [-0.05, 0) is 26.0 Å². The molecule has 32 heavy (non-hydrogen) atoms. The van der Waals surface area contributed by atoms with Crippen molar-refractivity contribution >= 4 is 11.5 Å². The van der Waals surface area contributed by atoms with Crippen molar-refractivity contribution in [1.82, 2.24) is 40.1 Å². The van der Waals surface area contributed by atoms with Crippen molar-refractivity contribution in [2.24, 2.45) is 0 Å². The van der Waals surface area contributed by atoms with E-state index in [2.05, 4.69) is 54.3 Å². The summed E-state index contributed by atoms with van der Waals surface area (Å²) in [6.07, 6.45) is 1.97. The Labute approximate surface area is 180 Å². The molecule has 0 spiro atoms. The molecule has 3 atom stereocenters. The lowest BCUT2D eigenvalue weighted by atomic mass is 9.97. The van der Waals surface area contributed by atoms with Crippen LogP contribution in [0.1, 0.15) is 31.1 Å². The number of hydrogen-bond acceptors (Lipinski definition) is 7. The smallest absolute Gasteiger partial charge is 0.350 e. The number of imidazole rings is 1. The quantitative estimate of drug-likeness (QED) is 0.502. The first-order chi connectivity index (χ1) is 15.3. The first kappa shape index (κ1) is 20.4. The van der Waals surface area contributed by atoms with Crippen LogP contribution in [0.3, 0.4) is 0 Å². The zero-order valence-electron chi connectivity index (χ0n) is 17.2. The fourth-order valence-corrected chi connectivity index (χ4v) is 4.09. The fraction of sp³-hybridized carbons (Fsp3) is 0.350. The van der Waals surface area contributed by atoms with E-state index < -0.39 is 11.9 Å². The largest absolute Gasteiger partial charge is 0.435 e. The van der Waals surface area contributed by atoms with E-state index >= 15 is 0 Å². The molecular weight excluding hydrogens is 423 g/mol. The monoisotopic (exact) mass is 443 g/mol. The van der Waals surface area contributed by atoms with E-state index in [4.69, 9.17) is 0 Å². The fourth-order valence-electron chi connectivity index (χ4n) is 4.09. The minimum atomic E-state index is -4.55. The lowest BCUT2D eigenvalue weighted by Gasteiger charge is -2.43. The molecule has 3 unspecified atom stereocenters. The van der Waals surface area contributed by atoms with Crippen molar-refractivity contribution in [3.05, 3.63) is 54.4 Å². The van der Waals surface area contributed by atoms with E-state index in [0.29, 0.717) is 29.4 Å². The van der Waals surface area contributed by atoms with Gasteiger partial charge in [-0.1, -0.05) is 0 Å². The number of fused-ring (bicyclic) bond motifs is 1. The van der Waals surface area contributed by atoms with Gasteiger partial charge in [0.1, 0.15) is 17.8 Å². The van der Waals surface area contributed by atoms with Crippen LogP contribution in [-0.4, -0.2) is 53.4 Å². The number of alkyl halides is 3. The molecule has 0 amide bonds. The average Bonchev–Trinajstić information content (AvgIpc) is 3.44. The van der Waals surface area contributed by atoms with E-state index in [1.807, 2.05) is 6.20 Å². The Morgan fingerprint density at radius 2 is 1.94 bits per heavy atom. The summed E-state index contributed by atoms with van der Waals surface area (Å²) in [6, 6.07) is 4.21. The van der Waals surface area contributed by atoms with Gasteiger partial charge in [-0.15, -0.1) is 0 Å². The molecule has 0 aliphatic carbocycles. The molecular formula is C20H20F3N9. The van der Waals surface area contributed by atoms with Crippen LogP contribution in [0.5, 0.6) is 0 Å². The van der Waals surface area contributed by atoms with E-state index in [9.17, 15) is 13.2 Å². The number of piperazine rings is 1. The van der Waals surface area contributed by atoms with E-state index in [0.717, 1.165) is 16.1 Å². The van der Waals surface area contributed by atoms with Crippen molar-refractivity contribution in [2.75, 3.05) is 11.4 Å². The maximum Gasteiger partial charge on any atom is 0.435 e. The average molecular weight is 443 g/mol. The molecule has 5 rings (SSSR count). The van der Waals surface area contributed by atoms with Gasteiger partial charge >= 0.3 is 6.18 Å². The Bertz CT molecular complexity index is 1230. The van der Waals surface area contributed by atoms with Crippen LogP contribution >= 0.6 is 0 Å².